The van der Waals surface area contributed by atoms with Gasteiger partial charge in [-0.2, -0.15) is 4.89 Å². The second-order valence-electron chi connectivity index (χ2n) is 0.800. The molecule has 0 aliphatic carbocycles. The van der Waals surface area contributed by atoms with E-state index >= 15 is 0 Å². The molecule has 0 aromatic rings. The summed E-state index contributed by atoms with van der Waals surface area (Å²) in [6.07, 6.45) is 3.04. The normalized spacial score (nSPS) is 10.0. The summed E-state index contributed by atoms with van der Waals surface area (Å²) in [5, 5.41) is 3.99. The van der Waals surface area contributed by atoms with E-state index in [9.17, 15) is 0 Å². The van der Waals surface area contributed by atoms with Crippen LogP contribution in [0.4, 0.5) is 0 Å². The molecule has 0 fully saturated rings. The third-order valence-electron chi connectivity index (χ3n) is 0.299. The lowest BCUT2D eigenvalue weighted by atomic mass is 10.7. The zero-order chi connectivity index (χ0) is 5.54. The summed E-state index contributed by atoms with van der Waals surface area (Å²) in [7, 11) is 1.36. The predicted octanol–water partition coefficient (Wildman–Crippen LogP) is 1.03. The van der Waals surface area contributed by atoms with Crippen LogP contribution in [0.5, 0.6) is 0 Å². The molecule has 0 heterocycles. The zero-order valence-corrected chi connectivity index (χ0v) is 4.38. The van der Waals surface area contributed by atoms with Gasteiger partial charge in [0.15, 0.2) is 0 Å². The number of hydrogen-bond donors (Lipinski definition) is 0. The lowest BCUT2D eigenvalue weighted by Crippen LogP contribution is -1.82. The zero-order valence-electron chi connectivity index (χ0n) is 4.38. The maximum absolute atomic E-state index is 4.23. The molecule has 0 N–H and O–H groups in total. The van der Waals surface area contributed by atoms with Crippen LogP contribution in [0.3, 0.4) is 0 Å². The predicted molar refractivity (Wildman–Crippen MR) is 24.0 cm³/mol. The topological polar surface area (TPSA) is 27.7 Å². The summed E-state index contributed by atoms with van der Waals surface area (Å²) in [6.45, 7) is 1.80. The van der Waals surface area contributed by atoms with E-state index in [0.29, 0.717) is 0 Å². The molecular formula is C4H8O3. The Hall–Kier alpha value is -0.540. The average Bonchev–Trinajstić information content (AvgIpc) is 1.69. The molecule has 42 valence electrons. The fourth-order valence-electron chi connectivity index (χ4n) is 0.118. The number of allylic oxidation sites excluding steroid dienone is 1. The first-order valence-electron chi connectivity index (χ1n) is 1.89. The van der Waals surface area contributed by atoms with Crippen molar-refractivity contribution in [3.63, 3.8) is 0 Å². The van der Waals surface area contributed by atoms with Crippen LogP contribution in [-0.4, -0.2) is 7.11 Å². The van der Waals surface area contributed by atoms with Gasteiger partial charge in [0, 0.05) is 0 Å². The van der Waals surface area contributed by atoms with Crippen molar-refractivity contribution in [1.82, 2.24) is 0 Å². The highest BCUT2D eigenvalue weighted by Crippen LogP contribution is 1.77. The summed E-state index contributed by atoms with van der Waals surface area (Å²) >= 11 is 0. The Morgan fingerprint density at radius 2 is 2.14 bits per heavy atom. The van der Waals surface area contributed by atoms with Gasteiger partial charge in [0.2, 0.25) is 0 Å². The Bertz CT molecular complexity index is 50.9. The van der Waals surface area contributed by atoms with Crippen LogP contribution in [0.25, 0.3) is 0 Å². The molecule has 0 aromatic heterocycles. The molecule has 0 saturated carbocycles. The van der Waals surface area contributed by atoms with Gasteiger partial charge in [-0.25, -0.2) is 0 Å². The molecule has 0 saturated heterocycles. The Labute approximate surface area is 42.3 Å². The van der Waals surface area contributed by atoms with Crippen molar-refractivity contribution in [3.8, 4) is 0 Å². The quantitative estimate of drug-likeness (QED) is 0.231. The van der Waals surface area contributed by atoms with Gasteiger partial charge in [0.25, 0.3) is 0 Å². The summed E-state index contributed by atoms with van der Waals surface area (Å²) in [4.78, 5) is 8.30. The van der Waals surface area contributed by atoms with Crippen molar-refractivity contribution in [2.24, 2.45) is 0 Å². The number of hydrogen-bond acceptors (Lipinski definition) is 3. The molecule has 3 heteroatoms. The molecule has 0 spiro atoms. The Kier molecular flexibility index (Phi) is 5.04. The van der Waals surface area contributed by atoms with E-state index in [4.69, 9.17) is 0 Å². The van der Waals surface area contributed by atoms with E-state index in [1.54, 1.807) is 13.0 Å². The minimum Gasteiger partial charge on any atom is -0.317 e. The third kappa shape index (κ3) is 5.46. The first-order chi connectivity index (χ1) is 3.41. The SMILES string of the molecule is CC=COOOC. The molecule has 7 heavy (non-hydrogen) atoms. The van der Waals surface area contributed by atoms with Gasteiger partial charge in [-0.15, -0.1) is 0 Å². The van der Waals surface area contributed by atoms with Crippen molar-refractivity contribution < 1.29 is 14.8 Å². The van der Waals surface area contributed by atoms with E-state index in [0.717, 1.165) is 0 Å². The number of rotatable bonds is 3. The van der Waals surface area contributed by atoms with Crippen LogP contribution in [0.15, 0.2) is 12.3 Å². The highest BCUT2D eigenvalue weighted by molar-refractivity contribution is 4.62. The smallest absolute Gasteiger partial charge is 0.128 e. The maximum Gasteiger partial charge on any atom is 0.128 e. The standard InChI is InChI=1S/C4H8O3/c1-3-4-6-7-5-2/h3-4H,1-2H3. The largest absolute Gasteiger partial charge is 0.317 e. The van der Waals surface area contributed by atoms with Crippen LogP contribution < -0.4 is 0 Å². The van der Waals surface area contributed by atoms with Crippen molar-refractivity contribution >= 4 is 0 Å². The summed E-state index contributed by atoms with van der Waals surface area (Å²) in [6, 6.07) is 0. The van der Waals surface area contributed by atoms with Gasteiger partial charge in [-0.3, -0.25) is 0 Å². The molecule has 0 amide bonds. The lowest BCUT2D eigenvalue weighted by Gasteiger charge is -1.89. The minimum absolute atomic E-state index is 1.36. The van der Waals surface area contributed by atoms with Crippen LogP contribution in [-0.2, 0) is 14.8 Å². The Morgan fingerprint density at radius 1 is 1.43 bits per heavy atom. The van der Waals surface area contributed by atoms with Gasteiger partial charge in [-0.1, -0.05) is 0 Å². The molecule has 0 aliphatic heterocycles. The van der Waals surface area contributed by atoms with Crippen molar-refractivity contribution in [2.45, 2.75) is 6.92 Å². The van der Waals surface area contributed by atoms with Crippen molar-refractivity contribution in [1.29, 1.82) is 0 Å². The van der Waals surface area contributed by atoms with Crippen LogP contribution in [0.2, 0.25) is 0 Å². The van der Waals surface area contributed by atoms with Crippen molar-refractivity contribution in [2.75, 3.05) is 7.11 Å². The fraction of sp³-hybridized carbons (Fsp3) is 0.500. The van der Waals surface area contributed by atoms with Crippen LogP contribution in [0, 0.1) is 0 Å². The summed E-state index contributed by atoms with van der Waals surface area (Å²) in [5.41, 5.74) is 0. The average molecular weight is 104 g/mol. The van der Waals surface area contributed by atoms with Crippen LogP contribution >= 0.6 is 0 Å². The fourth-order valence-corrected chi connectivity index (χ4v) is 0.118. The molecule has 0 bridgehead atoms. The highest BCUT2D eigenvalue weighted by Gasteiger charge is 1.69. The van der Waals surface area contributed by atoms with E-state index in [1.165, 1.54) is 13.4 Å². The molecular weight excluding hydrogens is 96.0 g/mol. The second-order valence-corrected chi connectivity index (χ2v) is 0.800. The summed E-state index contributed by atoms with van der Waals surface area (Å²) in [5.74, 6) is 0. The molecule has 0 radical (unpaired) electrons. The molecule has 0 rings (SSSR count). The molecule has 0 aromatic carbocycles. The monoisotopic (exact) mass is 104 g/mol. The van der Waals surface area contributed by atoms with E-state index in [2.05, 4.69) is 14.8 Å². The van der Waals surface area contributed by atoms with Gasteiger partial charge < -0.3 is 4.89 Å². The maximum atomic E-state index is 4.23. The minimum atomic E-state index is 1.36. The van der Waals surface area contributed by atoms with Crippen molar-refractivity contribution in [3.05, 3.63) is 12.3 Å². The Morgan fingerprint density at radius 3 is 2.57 bits per heavy atom. The van der Waals surface area contributed by atoms with E-state index < -0.39 is 0 Å². The molecule has 0 unspecified atom stereocenters. The van der Waals surface area contributed by atoms with Gasteiger partial charge >= 0.3 is 0 Å². The molecule has 3 nitrogen and oxygen atoms in total. The first kappa shape index (κ1) is 6.46. The lowest BCUT2D eigenvalue weighted by molar-refractivity contribution is -0.478. The molecule has 0 aliphatic rings. The Balaban J connectivity index is 2.69. The molecule has 0 atom stereocenters. The van der Waals surface area contributed by atoms with Gasteiger partial charge in [0.1, 0.15) is 6.26 Å². The third-order valence-corrected chi connectivity index (χ3v) is 0.299. The summed E-state index contributed by atoms with van der Waals surface area (Å²) < 4.78 is 0. The highest BCUT2D eigenvalue weighted by atomic mass is 17.5. The van der Waals surface area contributed by atoms with E-state index in [1.807, 2.05) is 0 Å². The second kappa shape index (κ2) is 5.46. The first-order valence-corrected chi connectivity index (χ1v) is 1.89. The van der Waals surface area contributed by atoms with E-state index in [-0.39, 0.29) is 0 Å². The van der Waals surface area contributed by atoms with Gasteiger partial charge in [0.05, 0.1) is 7.11 Å². The van der Waals surface area contributed by atoms with Crippen LogP contribution in [0.1, 0.15) is 6.92 Å². The van der Waals surface area contributed by atoms with Gasteiger partial charge in [-0.05, 0) is 18.0 Å².